The zero-order valence-electron chi connectivity index (χ0n) is 20.6. The van der Waals surface area contributed by atoms with Crippen LogP contribution in [0.5, 0.6) is 0 Å². The molecule has 5 heteroatoms. The number of amides is 2. The van der Waals surface area contributed by atoms with Crippen LogP contribution in [-0.4, -0.2) is 15.5 Å². The van der Waals surface area contributed by atoms with Crippen LogP contribution >= 0.6 is 11.3 Å². The molecule has 0 saturated carbocycles. The van der Waals surface area contributed by atoms with Crippen molar-refractivity contribution in [3.63, 3.8) is 0 Å². The van der Waals surface area contributed by atoms with Crippen LogP contribution < -0.4 is 5.32 Å². The van der Waals surface area contributed by atoms with Gasteiger partial charge in [-0.1, -0.05) is 42.0 Å². The minimum atomic E-state index is -0.172. The van der Waals surface area contributed by atoms with Gasteiger partial charge < -0.3 is 14.8 Å². The Bertz CT molecular complexity index is 1410. The molecule has 6 rings (SSSR count). The maximum atomic E-state index is 14.1. The number of anilines is 1. The summed E-state index contributed by atoms with van der Waals surface area (Å²) in [5, 5.41) is 4.55. The molecule has 4 nitrogen and oxygen atoms in total. The SMILES string of the molecule is Cc1ccc([C@H]2c3cccn3-c3sc4c(c3CN2C(=O)Nc2cc(C)ccc2C)CCCC4)cc1. The van der Waals surface area contributed by atoms with E-state index >= 15 is 0 Å². The molecule has 0 fully saturated rings. The molecule has 35 heavy (non-hydrogen) atoms. The fraction of sp³-hybridized carbons (Fsp3) is 0.300. The first-order valence-electron chi connectivity index (χ1n) is 12.5. The van der Waals surface area contributed by atoms with E-state index in [0.29, 0.717) is 6.54 Å². The molecule has 178 valence electrons. The molecule has 0 saturated heterocycles. The van der Waals surface area contributed by atoms with E-state index in [0.717, 1.165) is 40.9 Å². The number of nitrogens with one attached hydrogen (secondary N) is 1. The van der Waals surface area contributed by atoms with Crippen LogP contribution in [0.3, 0.4) is 0 Å². The summed E-state index contributed by atoms with van der Waals surface area (Å²) in [7, 11) is 0. The number of hydrogen-bond acceptors (Lipinski definition) is 2. The van der Waals surface area contributed by atoms with Crippen LogP contribution in [-0.2, 0) is 19.4 Å². The molecule has 1 aliphatic carbocycles. The van der Waals surface area contributed by atoms with Crippen LogP contribution in [0.2, 0.25) is 0 Å². The van der Waals surface area contributed by atoms with Crippen LogP contribution in [0.4, 0.5) is 10.5 Å². The van der Waals surface area contributed by atoms with Gasteiger partial charge in [0.05, 0.1) is 18.3 Å². The smallest absolute Gasteiger partial charge is 0.310 e. The molecular weight excluding hydrogens is 450 g/mol. The average Bonchev–Trinajstić information content (AvgIpc) is 3.44. The van der Waals surface area contributed by atoms with Crippen molar-refractivity contribution in [1.82, 2.24) is 9.47 Å². The lowest BCUT2D eigenvalue weighted by molar-refractivity contribution is 0.194. The van der Waals surface area contributed by atoms with Crippen molar-refractivity contribution in [1.29, 1.82) is 0 Å². The van der Waals surface area contributed by atoms with E-state index in [1.807, 2.05) is 23.2 Å². The highest BCUT2D eigenvalue weighted by molar-refractivity contribution is 7.15. The van der Waals surface area contributed by atoms with Gasteiger partial charge in [-0.15, -0.1) is 11.3 Å². The van der Waals surface area contributed by atoms with E-state index in [1.54, 1.807) is 0 Å². The number of hydrogen-bond donors (Lipinski definition) is 1. The standard InChI is InChI=1S/C30H31N3OS/c1-19-11-14-22(15-12-19)28-26-8-6-16-32(26)29-24(23-7-4-5-9-27(23)35-29)18-33(28)30(34)31-25-17-20(2)10-13-21(25)3/h6,8,10-17,28H,4-5,7,9,18H2,1-3H3,(H,31,34)/t28-/m0/s1. The number of aryl methyl sites for hydroxylation is 4. The first kappa shape index (κ1) is 22.2. The Balaban J connectivity index is 1.50. The fourth-order valence-corrected chi connectivity index (χ4v) is 6.95. The summed E-state index contributed by atoms with van der Waals surface area (Å²) in [5.41, 5.74) is 9.39. The minimum absolute atomic E-state index is 0.0550. The summed E-state index contributed by atoms with van der Waals surface area (Å²) in [6.45, 7) is 6.83. The van der Waals surface area contributed by atoms with Crippen molar-refractivity contribution in [3.8, 4) is 5.00 Å². The van der Waals surface area contributed by atoms with Crippen molar-refractivity contribution in [2.45, 2.75) is 59.0 Å². The van der Waals surface area contributed by atoms with E-state index in [1.165, 1.54) is 39.4 Å². The summed E-state index contributed by atoms with van der Waals surface area (Å²) in [5.74, 6) is 0. The number of carbonyl (C=O) groups is 1. The van der Waals surface area contributed by atoms with E-state index in [4.69, 9.17) is 0 Å². The zero-order valence-corrected chi connectivity index (χ0v) is 21.4. The van der Waals surface area contributed by atoms with Gasteiger partial charge in [0, 0.05) is 22.3 Å². The molecule has 2 aromatic heterocycles. The van der Waals surface area contributed by atoms with Gasteiger partial charge in [0.25, 0.3) is 0 Å². The largest absolute Gasteiger partial charge is 0.322 e. The molecular formula is C30H31N3OS. The van der Waals surface area contributed by atoms with Crippen molar-refractivity contribution < 1.29 is 4.79 Å². The van der Waals surface area contributed by atoms with Crippen molar-refractivity contribution in [2.24, 2.45) is 0 Å². The quantitative estimate of drug-likeness (QED) is 0.317. The monoisotopic (exact) mass is 481 g/mol. The van der Waals surface area contributed by atoms with Gasteiger partial charge in [-0.3, -0.25) is 0 Å². The number of nitrogens with zero attached hydrogens (tertiary/aromatic N) is 2. The molecule has 1 N–H and O–H groups in total. The maximum Gasteiger partial charge on any atom is 0.322 e. The number of urea groups is 1. The van der Waals surface area contributed by atoms with Crippen molar-refractivity contribution in [3.05, 3.63) is 105 Å². The third-order valence-electron chi connectivity index (χ3n) is 7.47. The number of carbonyl (C=O) groups excluding carboxylic acids is 1. The summed E-state index contributed by atoms with van der Waals surface area (Å²) < 4.78 is 2.34. The van der Waals surface area contributed by atoms with Gasteiger partial charge in [-0.25, -0.2) is 4.79 Å². The number of fused-ring (bicyclic) bond motifs is 5. The van der Waals surface area contributed by atoms with Gasteiger partial charge in [0.1, 0.15) is 5.00 Å². The van der Waals surface area contributed by atoms with Crippen LogP contribution in [0.1, 0.15) is 62.8 Å². The summed E-state index contributed by atoms with van der Waals surface area (Å²) in [6, 6.07) is 18.9. The van der Waals surface area contributed by atoms with Crippen molar-refractivity contribution >= 4 is 23.1 Å². The molecule has 2 amide bonds. The Morgan fingerprint density at radius 2 is 1.71 bits per heavy atom. The van der Waals surface area contributed by atoms with E-state index in [2.05, 4.69) is 84.5 Å². The van der Waals surface area contributed by atoms with E-state index < -0.39 is 0 Å². The van der Waals surface area contributed by atoms with Crippen molar-refractivity contribution in [2.75, 3.05) is 5.32 Å². The third-order valence-corrected chi connectivity index (χ3v) is 8.80. The molecule has 0 unspecified atom stereocenters. The summed E-state index contributed by atoms with van der Waals surface area (Å²) in [4.78, 5) is 17.6. The molecule has 0 bridgehead atoms. The lowest BCUT2D eigenvalue weighted by Gasteiger charge is -2.31. The highest BCUT2D eigenvalue weighted by Crippen LogP contribution is 2.44. The second kappa shape index (κ2) is 8.72. The molecule has 2 aliphatic rings. The average molecular weight is 482 g/mol. The lowest BCUT2D eigenvalue weighted by atomic mass is 9.95. The zero-order chi connectivity index (χ0) is 24.1. The normalized spacial score (nSPS) is 16.8. The molecule has 0 radical (unpaired) electrons. The first-order chi connectivity index (χ1) is 17.0. The van der Waals surface area contributed by atoms with Gasteiger partial charge in [-0.2, -0.15) is 0 Å². The Kier molecular flexibility index (Phi) is 5.53. The fourth-order valence-electron chi connectivity index (χ4n) is 5.54. The summed E-state index contributed by atoms with van der Waals surface area (Å²) in [6.07, 6.45) is 6.92. The van der Waals surface area contributed by atoms with Gasteiger partial charge >= 0.3 is 6.03 Å². The molecule has 3 heterocycles. The van der Waals surface area contributed by atoms with E-state index in [9.17, 15) is 4.79 Å². The predicted octanol–water partition coefficient (Wildman–Crippen LogP) is 7.48. The number of thiophene rings is 1. The lowest BCUT2D eigenvalue weighted by Crippen LogP contribution is -2.38. The first-order valence-corrected chi connectivity index (χ1v) is 13.3. The second-order valence-electron chi connectivity index (χ2n) is 9.99. The topological polar surface area (TPSA) is 37.3 Å². The Hall–Kier alpha value is -3.31. The molecule has 1 aliphatic heterocycles. The Morgan fingerprint density at radius 3 is 2.54 bits per heavy atom. The Labute approximate surface area is 211 Å². The van der Waals surface area contributed by atoms with Gasteiger partial charge in [0.2, 0.25) is 0 Å². The molecule has 1 atom stereocenters. The van der Waals surface area contributed by atoms with Gasteiger partial charge in [0.15, 0.2) is 0 Å². The number of benzene rings is 2. The predicted molar refractivity (Wildman–Crippen MR) is 144 cm³/mol. The summed E-state index contributed by atoms with van der Waals surface area (Å²) >= 11 is 1.92. The van der Waals surface area contributed by atoms with E-state index in [-0.39, 0.29) is 12.1 Å². The van der Waals surface area contributed by atoms with Gasteiger partial charge in [-0.05, 0) is 86.9 Å². The number of aromatic nitrogens is 1. The minimum Gasteiger partial charge on any atom is -0.310 e. The van der Waals surface area contributed by atoms with Crippen LogP contribution in [0.25, 0.3) is 5.00 Å². The highest BCUT2D eigenvalue weighted by Gasteiger charge is 2.36. The maximum absolute atomic E-state index is 14.1. The Morgan fingerprint density at radius 1 is 0.943 bits per heavy atom. The van der Waals surface area contributed by atoms with Crippen LogP contribution in [0, 0.1) is 20.8 Å². The third kappa shape index (κ3) is 3.88. The molecule has 2 aromatic carbocycles. The van der Waals surface area contributed by atoms with Crippen LogP contribution in [0.15, 0.2) is 60.8 Å². The number of rotatable bonds is 2. The molecule has 0 spiro atoms. The highest BCUT2D eigenvalue weighted by atomic mass is 32.1. The second-order valence-corrected chi connectivity index (χ2v) is 11.1. The molecule has 4 aromatic rings.